The summed E-state index contributed by atoms with van der Waals surface area (Å²) >= 11 is 0. The van der Waals surface area contributed by atoms with Gasteiger partial charge in [-0.1, -0.05) is 69.3 Å². The van der Waals surface area contributed by atoms with Gasteiger partial charge in [0.2, 0.25) is 0 Å². The largest absolute Gasteiger partial charge is 0.489 e. The summed E-state index contributed by atoms with van der Waals surface area (Å²) in [6.45, 7) is 13.8. The van der Waals surface area contributed by atoms with Gasteiger partial charge in [-0.3, -0.25) is 4.79 Å². The predicted octanol–water partition coefficient (Wildman–Crippen LogP) is 6.21. The van der Waals surface area contributed by atoms with Crippen molar-refractivity contribution in [3.05, 3.63) is 83.4 Å². The van der Waals surface area contributed by atoms with Gasteiger partial charge in [-0.15, -0.1) is 0 Å². The Morgan fingerprint density at radius 1 is 1.09 bits per heavy atom. The zero-order valence-electron chi connectivity index (χ0n) is 21.8. The zero-order valence-corrected chi connectivity index (χ0v) is 22.8. The number of nitrogens with zero attached hydrogens (tertiary/aromatic N) is 1. The number of aryl methyl sites for hydroxylation is 1. The molecule has 0 fully saturated rings. The van der Waals surface area contributed by atoms with Crippen molar-refractivity contribution in [2.45, 2.75) is 77.3 Å². The maximum Gasteiger partial charge on any atom is 0.268 e. The number of hydrogen-bond acceptors (Lipinski definition) is 4. The first-order chi connectivity index (χ1) is 16.5. The van der Waals surface area contributed by atoms with Crippen LogP contribution in [0.1, 0.15) is 67.5 Å². The average molecular weight is 494 g/mol. The summed E-state index contributed by atoms with van der Waals surface area (Å²) in [7, 11) is -2.01. The van der Waals surface area contributed by atoms with Crippen LogP contribution in [0.25, 0.3) is 0 Å². The van der Waals surface area contributed by atoms with Crippen LogP contribution in [0.4, 0.5) is 0 Å². The lowest BCUT2D eigenvalue weighted by atomic mass is 9.94. The van der Waals surface area contributed by atoms with Gasteiger partial charge < -0.3 is 19.9 Å². The molecule has 7 heteroatoms. The molecule has 0 unspecified atom stereocenters. The van der Waals surface area contributed by atoms with Crippen molar-refractivity contribution in [3.63, 3.8) is 0 Å². The molecule has 0 bridgehead atoms. The number of ether oxygens (including phenoxy) is 1. The molecule has 35 heavy (non-hydrogen) atoms. The normalized spacial score (nSPS) is 13.9. The molecular weight excluding hydrogens is 454 g/mol. The summed E-state index contributed by atoms with van der Waals surface area (Å²) in [5.41, 5.74) is 7.98. The van der Waals surface area contributed by atoms with Crippen LogP contribution in [-0.2, 0) is 17.5 Å². The predicted molar refractivity (Wildman–Crippen MR) is 143 cm³/mol. The number of carbonyl (C=O) groups excluding carboxylic acids is 1. The molecule has 0 saturated heterocycles. The summed E-state index contributed by atoms with van der Waals surface area (Å²) in [5, 5.41) is 0.0885. The van der Waals surface area contributed by atoms with Gasteiger partial charge >= 0.3 is 0 Å². The van der Waals surface area contributed by atoms with E-state index in [1.54, 1.807) is 6.20 Å². The van der Waals surface area contributed by atoms with E-state index in [0.717, 1.165) is 35.5 Å². The fraction of sp³-hybridized carbons (Fsp3) is 0.429. The average Bonchev–Trinajstić information content (AvgIpc) is 3.28. The monoisotopic (exact) mass is 493 g/mol. The zero-order chi connectivity index (χ0) is 25.6. The number of primary amides is 1. The fourth-order valence-electron chi connectivity index (χ4n) is 3.87. The number of benzene rings is 2. The van der Waals surface area contributed by atoms with E-state index in [0.29, 0.717) is 6.61 Å². The number of aromatic amines is 1. The van der Waals surface area contributed by atoms with Gasteiger partial charge in [-0.25, -0.2) is 4.98 Å². The summed E-state index contributed by atoms with van der Waals surface area (Å²) in [6, 6.07) is 18.3. The van der Waals surface area contributed by atoms with Crippen molar-refractivity contribution in [3.8, 4) is 5.75 Å². The molecule has 3 aromatic rings. The molecule has 1 aromatic heterocycles. The summed E-state index contributed by atoms with van der Waals surface area (Å²) in [4.78, 5) is 19.4. The number of para-hydroxylation sites is 1. The van der Waals surface area contributed by atoms with E-state index in [-0.39, 0.29) is 22.8 Å². The number of nitrogens with two attached hydrogens (primary N) is 1. The summed E-state index contributed by atoms with van der Waals surface area (Å²) in [5.74, 6) is 1.04. The topological polar surface area (TPSA) is 90.2 Å². The van der Waals surface area contributed by atoms with Crippen LogP contribution in [0.3, 0.4) is 0 Å². The van der Waals surface area contributed by atoms with Crippen molar-refractivity contribution in [2.75, 3.05) is 0 Å². The second-order valence-corrected chi connectivity index (χ2v) is 15.4. The van der Waals surface area contributed by atoms with E-state index in [4.69, 9.17) is 14.9 Å². The first-order valence-corrected chi connectivity index (χ1v) is 15.2. The Morgan fingerprint density at radius 2 is 1.74 bits per heavy atom. The number of rotatable bonds is 11. The highest BCUT2D eigenvalue weighted by atomic mass is 28.4. The van der Waals surface area contributed by atoms with Gasteiger partial charge in [0.15, 0.2) is 8.32 Å². The van der Waals surface area contributed by atoms with Crippen LogP contribution >= 0.6 is 0 Å². The molecule has 188 valence electrons. The van der Waals surface area contributed by atoms with Crippen molar-refractivity contribution in [1.29, 1.82) is 0 Å². The van der Waals surface area contributed by atoms with E-state index in [1.165, 1.54) is 0 Å². The molecule has 2 atom stereocenters. The molecule has 0 saturated carbocycles. The fourth-order valence-corrected chi connectivity index (χ4v) is 5.31. The number of imidazole rings is 1. The van der Waals surface area contributed by atoms with Crippen molar-refractivity contribution < 1.29 is 14.0 Å². The van der Waals surface area contributed by atoms with Crippen LogP contribution < -0.4 is 10.5 Å². The van der Waals surface area contributed by atoms with Gasteiger partial charge in [0.25, 0.3) is 5.91 Å². The number of H-pyrrole nitrogens is 1. The van der Waals surface area contributed by atoms with Crippen LogP contribution in [0.2, 0.25) is 18.1 Å². The van der Waals surface area contributed by atoms with Crippen molar-refractivity contribution >= 4 is 14.2 Å². The second kappa shape index (κ2) is 11.2. The highest BCUT2D eigenvalue weighted by Crippen LogP contribution is 2.39. The molecule has 0 aliphatic carbocycles. The SMILES string of the molecule is C[C@H](O[Si](C)(C)C(C)(C)C)[C@H](CCc1ccccc1OCc1ccccc1)c1nc(C(N)=O)c[nH]1. The quantitative estimate of drug-likeness (QED) is 0.311. The molecule has 6 nitrogen and oxygen atoms in total. The number of carbonyl (C=O) groups is 1. The van der Waals surface area contributed by atoms with E-state index in [9.17, 15) is 4.79 Å². The maximum absolute atomic E-state index is 11.7. The minimum atomic E-state index is -2.01. The van der Waals surface area contributed by atoms with E-state index in [1.807, 2.05) is 36.4 Å². The Bertz CT molecular complexity index is 1110. The Hall–Kier alpha value is -2.90. The van der Waals surface area contributed by atoms with Crippen LogP contribution in [-0.4, -0.2) is 30.3 Å². The Labute approximate surface area is 210 Å². The van der Waals surface area contributed by atoms with Crippen molar-refractivity contribution in [1.82, 2.24) is 9.97 Å². The third-order valence-corrected chi connectivity index (χ3v) is 11.6. The summed E-state index contributed by atoms with van der Waals surface area (Å²) < 4.78 is 12.9. The Kier molecular flexibility index (Phi) is 8.56. The molecule has 0 spiro atoms. The lowest BCUT2D eigenvalue weighted by Gasteiger charge is -2.40. The lowest BCUT2D eigenvalue weighted by molar-refractivity contribution is 0.0995. The standard InChI is InChI=1S/C28H39N3O3Si/c1-20(34-35(5,6)28(2,3)4)23(27-30-18-24(31-27)26(29)32)17-16-22-14-10-11-15-25(22)33-19-21-12-8-7-9-13-21/h7-15,18,20,23H,16-17,19H2,1-6H3,(H2,29,32)(H,30,31)/t20-,23-/m0/s1. The first kappa shape index (κ1) is 26.7. The van der Waals surface area contributed by atoms with Gasteiger partial charge in [-0.2, -0.15) is 0 Å². The summed E-state index contributed by atoms with van der Waals surface area (Å²) in [6.07, 6.45) is 3.07. The Morgan fingerprint density at radius 3 is 2.37 bits per heavy atom. The first-order valence-electron chi connectivity index (χ1n) is 12.3. The van der Waals surface area contributed by atoms with Gasteiger partial charge in [0, 0.05) is 12.1 Å². The third kappa shape index (κ3) is 7.05. The molecule has 0 aliphatic heterocycles. The maximum atomic E-state index is 11.7. The van der Waals surface area contributed by atoms with E-state index < -0.39 is 14.2 Å². The number of nitrogens with one attached hydrogen (secondary N) is 1. The molecule has 3 N–H and O–H groups in total. The number of amides is 1. The smallest absolute Gasteiger partial charge is 0.268 e. The van der Waals surface area contributed by atoms with Crippen LogP contribution in [0, 0.1) is 0 Å². The highest BCUT2D eigenvalue weighted by Gasteiger charge is 2.40. The lowest BCUT2D eigenvalue weighted by Crippen LogP contribution is -2.44. The molecular formula is C28H39N3O3Si. The van der Waals surface area contributed by atoms with Gasteiger partial charge in [0.1, 0.15) is 23.9 Å². The Balaban J connectivity index is 1.80. The van der Waals surface area contributed by atoms with Crippen molar-refractivity contribution in [2.24, 2.45) is 5.73 Å². The highest BCUT2D eigenvalue weighted by molar-refractivity contribution is 6.74. The third-order valence-electron chi connectivity index (χ3n) is 6.99. The second-order valence-electron chi connectivity index (χ2n) is 10.6. The molecule has 3 rings (SSSR count). The van der Waals surface area contributed by atoms with E-state index in [2.05, 4.69) is 69.0 Å². The van der Waals surface area contributed by atoms with Gasteiger partial charge in [0.05, 0.1) is 6.10 Å². The molecule has 0 aliphatic rings. The molecule has 0 radical (unpaired) electrons. The van der Waals surface area contributed by atoms with Gasteiger partial charge in [-0.05, 0) is 55.1 Å². The van der Waals surface area contributed by atoms with E-state index >= 15 is 0 Å². The van der Waals surface area contributed by atoms with Crippen LogP contribution in [0.5, 0.6) is 5.75 Å². The van der Waals surface area contributed by atoms with Crippen LogP contribution in [0.15, 0.2) is 60.8 Å². The minimum Gasteiger partial charge on any atom is -0.489 e. The molecule has 2 aromatic carbocycles. The molecule has 1 heterocycles. The molecule has 1 amide bonds. The minimum absolute atomic E-state index is 0.0283. The number of aromatic nitrogens is 2. The number of hydrogen-bond donors (Lipinski definition) is 2.